The van der Waals surface area contributed by atoms with Crippen molar-refractivity contribution >= 4 is 11.7 Å². The first-order chi connectivity index (χ1) is 11.7. The molecule has 1 saturated heterocycles. The molecule has 3 rings (SSSR count). The van der Waals surface area contributed by atoms with Crippen molar-refractivity contribution in [3.8, 4) is 0 Å². The smallest absolute Gasteiger partial charge is 0.310 e. The summed E-state index contributed by atoms with van der Waals surface area (Å²) in [6.45, 7) is 4.02. The molecule has 0 saturated carbocycles. The second-order valence-corrected chi connectivity index (χ2v) is 6.56. The van der Waals surface area contributed by atoms with Gasteiger partial charge in [-0.1, -0.05) is 49.4 Å². The fourth-order valence-electron chi connectivity index (χ4n) is 3.67. The molecule has 3 nitrogen and oxygen atoms in total. The largest absolute Gasteiger partial charge is 0.481 e. The summed E-state index contributed by atoms with van der Waals surface area (Å²) in [5, 5.41) is 9.27. The van der Waals surface area contributed by atoms with Gasteiger partial charge in [0, 0.05) is 18.8 Å². The van der Waals surface area contributed by atoms with Crippen molar-refractivity contribution in [3.63, 3.8) is 0 Å². The molecular weight excluding hydrogens is 298 g/mol. The first-order valence-corrected chi connectivity index (χ1v) is 8.81. The van der Waals surface area contributed by atoms with Gasteiger partial charge in [-0.3, -0.25) is 4.79 Å². The molecule has 3 heteroatoms. The van der Waals surface area contributed by atoms with Crippen molar-refractivity contribution in [2.24, 2.45) is 0 Å². The van der Waals surface area contributed by atoms with E-state index in [-0.39, 0.29) is 0 Å². The zero-order valence-electron chi connectivity index (χ0n) is 14.2. The van der Waals surface area contributed by atoms with Gasteiger partial charge in [0.2, 0.25) is 0 Å². The number of hydrogen-bond acceptors (Lipinski definition) is 2. The third kappa shape index (κ3) is 3.61. The molecule has 1 fully saturated rings. The molecule has 0 amide bonds. The van der Waals surface area contributed by atoms with Gasteiger partial charge in [0.05, 0.1) is 5.92 Å². The average Bonchev–Trinajstić information content (AvgIpc) is 2.63. The molecule has 0 bridgehead atoms. The minimum absolute atomic E-state index is 0.400. The normalized spacial score (nSPS) is 16.8. The molecule has 1 N–H and O–H groups in total. The van der Waals surface area contributed by atoms with Crippen LogP contribution in [0, 0.1) is 0 Å². The van der Waals surface area contributed by atoms with E-state index >= 15 is 0 Å². The lowest BCUT2D eigenvalue weighted by Crippen LogP contribution is -2.32. The van der Waals surface area contributed by atoms with Crippen molar-refractivity contribution in [1.29, 1.82) is 0 Å². The van der Waals surface area contributed by atoms with E-state index in [2.05, 4.69) is 47.4 Å². The lowest BCUT2D eigenvalue weighted by atomic mass is 9.89. The van der Waals surface area contributed by atoms with Gasteiger partial charge in [-0.2, -0.15) is 0 Å². The first kappa shape index (κ1) is 16.6. The summed E-state index contributed by atoms with van der Waals surface area (Å²) < 4.78 is 0. The molecule has 126 valence electrons. The fourth-order valence-corrected chi connectivity index (χ4v) is 3.67. The Balaban J connectivity index is 1.63. The van der Waals surface area contributed by atoms with Gasteiger partial charge < -0.3 is 10.0 Å². The number of carboxylic acids is 1. The molecule has 2 aromatic rings. The Bertz CT molecular complexity index is 658. The number of anilines is 1. The molecule has 1 aliphatic rings. The Morgan fingerprint density at radius 3 is 2.25 bits per heavy atom. The number of nitrogens with zero attached hydrogens (tertiary/aromatic N) is 1. The third-order valence-corrected chi connectivity index (χ3v) is 5.13. The molecule has 0 spiro atoms. The van der Waals surface area contributed by atoms with Crippen LogP contribution >= 0.6 is 0 Å². The predicted molar refractivity (Wildman–Crippen MR) is 97.7 cm³/mol. The molecule has 0 aromatic heterocycles. The zero-order chi connectivity index (χ0) is 16.9. The highest BCUT2D eigenvalue weighted by molar-refractivity contribution is 5.76. The highest BCUT2D eigenvalue weighted by Gasteiger charge is 2.21. The average molecular weight is 323 g/mol. The summed E-state index contributed by atoms with van der Waals surface area (Å²) in [6.07, 6.45) is 2.95. The molecule has 0 aliphatic carbocycles. The van der Waals surface area contributed by atoms with Crippen LogP contribution in [0.2, 0.25) is 0 Å². The summed E-state index contributed by atoms with van der Waals surface area (Å²) >= 11 is 0. The van der Waals surface area contributed by atoms with E-state index in [4.69, 9.17) is 0 Å². The number of benzene rings is 2. The molecule has 2 aromatic carbocycles. The quantitative estimate of drug-likeness (QED) is 0.871. The standard InChI is InChI=1S/C21H25NO2/c1-2-20(21(23)24)18-8-10-19(11-9-18)22-14-12-17(13-15-22)16-6-4-3-5-7-16/h3-11,17,20H,2,12-15H2,1H3,(H,23,24). The van der Waals surface area contributed by atoms with Crippen LogP contribution in [0.25, 0.3) is 0 Å². The van der Waals surface area contributed by atoms with Crippen LogP contribution in [0.1, 0.15) is 49.1 Å². The number of hydrogen-bond donors (Lipinski definition) is 1. The van der Waals surface area contributed by atoms with Gasteiger partial charge in [-0.05, 0) is 48.4 Å². The number of piperidine rings is 1. The number of carbonyl (C=O) groups is 1. The third-order valence-electron chi connectivity index (χ3n) is 5.13. The SMILES string of the molecule is CCC(C(=O)O)c1ccc(N2CCC(c3ccccc3)CC2)cc1. The molecule has 1 unspecified atom stereocenters. The molecule has 1 heterocycles. The monoisotopic (exact) mass is 323 g/mol. The van der Waals surface area contributed by atoms with Crippen molar-refractivity contribution in [1.82, 2.24) is 0 Å². The van der Waals surface area contributed by atoms with Crippen LogP contribution in [0.4, 0.5) is 5.69 Å². The number of rotatable bonds is 5. The molecular formula is C21H25NO2. The number of carboxylic acid groups (broad SMARTS) is 1. The zero-order valence-corrected chi connectivity index (χ0v) is 14.2. The van der Waals surface area contributed by atoms with Crippen molar-refractivity contribution in [3.05, 3.63) is 65.7 Å². The highest BCUT2D eigenvalue weighted by Crippen LogP contribution is 2.31. The molecule has 1 atom stereocenters. The van der Waals surface area contributed by atoms with E-state index in [0.29, 0.717) is 12.3 Å². The Morgan fingerprint density at radius 1 is 1.08 bits per heavy atom. The maximum absolute atomic E-state index is 11.3. The van der Waals surface area contributed by atoms with Crippen LogP contribution in [-0.2, 0) is 4.79 Å². The molecule has 24 heavy (non-hydrogen) atoms. The minimum Gasteiger partial charge on any atom is -0.481 e. The molecule has 0 radical (unpaired) electrons. The van der Waals surface area contributed by atoms with Gasteiger partial charge in [0.1, 0.15) is 0 Å². The van der Waals surface area contributed by atoms with Crippen LogP contribution in [-0.4, -0.2) is 24.2 Å². The van der Waals surface area contributed by atoms with Gasteiger partial charge >= 0.3 is 5.97 Å². The van der Waals surface area contributed by atoms with E-state index < -0.39 is 11.9 Å². The van der Waals surface area contributed by atoms with Gasteiger partial charge in [0.15, 0.2) is 0 Å². The lowest BCUT2D eigenvalue weighted by Gasteiger charge is -2.34. The van der Waals surface area contributed by atoms with Crippen LogP contribution in [0.15, 0.2) is 54.6 Å². The second-order valence-electron chi connectivity index (χ2n) is 6.56. The Kier molecular flexibility index (Phi) is 5.19. The predicted octanol–water partition coefficient (Wildman–Crippen LogP) is 4.65. The van der Waals surface area contributed by atoms with Crippen LogP contribution in [0.5, 0.6) is 0 Å². The summed E-state index contributed by atoms with van der Waals surface area (Å²) in [5.74, 6) is -0.491. The van der Waals surface area contributed by atoms with Crippen LogP contribution in [0.3, 0.4) is 0 Å². The Morgan fingerprint density at radius 2 is 1.71 bits per heavy atom. The van der Waals surface area contributed by atoms with Gasteiger partial charge in [0.25, 0.3) is 0 Å². The van der Waals surface area contributed by atoms with Crippen molar-refractivity contribution in [2.75, 3.05) is 18.0 Å². The maximum Gasteiger partial charge on any atom is 0.310 e. The van der Waals surface area contributed by atoms with E-state index in [1.165, 1.54) is 24.1 Å². The van der Waals surface area contributed by atoms with Crippen molar-refractivity contribution in [2.45, 2.75) is 38.0 Å². The summed E-state index contributed by atoms with van der Waals surface area (Å²) in [5.41, 5.74) is 3.54. The Hall–Kier alpha value is -2.29. The second kappa shape index (κ2) is 7.52. The Labute approximate surface area is 143 Å². The summed E-state index contributed by atoms with van der Waals surface area (Å²) in [4.78, 5) is 13.7. The fraction of sp³-hybridized carbons (Fsp3) is 0.381. The van der Waals surface area contributed by atoms with Crippen molar-refractivity contribution < 1.29 is 9.90 Å². The van der Waals surface area contributed by atoms with E-state index in [0.717, 1.165) is 18.7 Å². The molecule has 1 aliphatic heterocycles. The topological polar surface area (TPSA) is 40.5 Å². The summed E-state index contributed by atoms with van der Waals surface area (Å²) in [7, 11) is 0. The number of aliphatic carboxylic acids is 1. The first-order valence-electron chi connectivity index (χ1n) is 8.81. The van der Waals surface area contributed by atoms with Crippen LogP contribution < -0.4 is 4.90 Å². The van der Waals surface area contributed by atoms with E-state index in [9.17, 15) is 9.90 Å². The maximum atomic E-state index is 11.3. The van der Waals surface area contributed by atoms with Gasteiger partial charge in [-0.15, -0.1) is 0 Å². The highest BCUT2D eigenvalue weighted by atomic mass is 16.4. The summed E-state index contributed by atoms with van der Waals surface area (Å²) in [6, 6.07) is 18.9. The minimum atomic E-state index is -0.742. The lowest BCUT2D eigenvalue weighted by molar-refractivity contribution is -0.138. The van der Waals surface area contributed by atoms with E-state index in [1.807, 2.05) is 19.1 Å². The van der Waals surface area contributed by atoms with E-state index in [1.54, 1.807) is 0 Å². The van der Waals surface area contributed by atoms with Gasteiger partial charge in [-0.25, -0.2) is 0 Å².